The summed E-state index contributed by atoms with van der Waals surface area (Å²) in [4.78, 5) is 11.8. The van der Waals surface area contributed by atoms with Gasteiger partial charge in [0.1, 0.15) is 5.82 Å². The number of carbonyl (C=O) groups is 1. The second-order valence-corrected chi connectivity index (χ2v) is 5.29. The van der Waals surface area contributed by atoms with Gasteiger partial charge in [-0.2, -0.15) is 0 Å². The van der Waals surface area contributed by atoms with E-state index in [1.165, 1.54) is 25.0 Å². The van der Waals surface area contributed by atoms with Crippen molar-refractivity contribution in [3.05, 3.63) is 35.6 Å². The van der Waals surface area contributed by atoms with Crippen molar-refractivity contribution < 1.29 is 9.18 Å². The molecule has 104 valence electrons. The summed E-state index contributed by atoms with van der Waals surface area (Å²) in [6.45, 7) is 3.91. The van der Waals surface area contributed by atoms with Crippen LogP contribution in [0.25, 0.3) is 0 Å². The lowest BCUT2D eigenvalue weighted by Gasteiger charge is -2.30. The zero-order chi connectivity index (χ0) is 13.7. The first-order valence-corrected chi connectivity index (χ1v) is 6.89. The van der Waals surface area contributed by atoms with Crippen LogP contribution in [0.15, 0.2) is 24.3 Å². The fourth-order valence-corrected chi connectivity index (χ4v) is 2.46. The molecule has 0 saturated carbocycles. The summed E-state index contributed by atoms with van der Waals surface area (Å²) in [5, 5.41) is 6.38. The van der Waals surface area contributed by atoms with E-state index in [1.807, 2.05) is 0 Å². The molecule has 2 atom stereocenters. The first kappa shape index (κ1) is 14.0. The molecule has 1 aromatic rings. The van der Waals surface area contributed by atoms with Crippen LogP contribution in [0.5, 0.6) is 0 Å². The molecule has 1 heterocycles. The fraction of sp³-hybridized carbons (Fsp3) is 0.533. The summed E-state index contributed by atoms with van der Waals surface area (Å²) in [6, 6.07) is 6.43. The standard InChI is InChI=1S/C15H21FN2O/c1-11-3-2-8-17-14(11)10-18-15(19)9-12-4-6-13(16)7-5-12/h4-7,11,14,17H,2-3,8-10H2,1H3,(H,18,19). The molecule has 1 saturated heterocycles. The van der Waals surface area contributed by atoms with E-state index >= 15 is 0 Å². The van der Waals surface area contributed by atoms with Gasteiger partial charge in [-0.05, 0) is 43.0 Å². The molecule has 1 aliphatic heterocycles. The Kier molecular flexibility index (Phi) is 4.91. The molecule has 1 aromatic carbocycles. The average molecular weight is 264 g/mol. The molecule has 2 N–H and O–H groups in total. The molecule has 19 heavy (non-hydrogen) atoms. The largest absolute Gasteiger partial charge is 0.354 e. The molecule has 0 radical (unpaired) electrons. The van der Waals surface area contributed by atoms with E-state index in [4.69, 9.17) is 0 Å². The predicted molar refractivity (Wildman–Crippen MR) is 73.3 cm³/mol. The number of nitrogens with one attached hydrogen (secondary N) is 2. The van der Waals surface area contributed by atoms with Crippen LogP contribution < -0.4 is 10.6 Å². The Labute approximate surface area is 113 Å². The van der Waals surface area contributed by atoms with Crippen LogP contribution in [0.3, 0.4) is 0 Å². The summed E-state index contributed by atoms with van der Waals surface area (Å²) in [5.74, 6) is 0.315. The number of halogens is 1. The number of hydrogen-bond donors (Lipinski definition) is 2. The molecule has 0 aliphatic carbocycles. The molecule has 4 heteroatoms. The van der Waals surface area contributed by atoms with E-state index in [0.717, 1.165) is 12.1 Å². The Morgan fingerprint density at radius 1 is 1.42 bits per heavy atom. The van der Waals surface area contributed by atoms with Gasteiger partial charge in [-0.3, -0.25) is 4.79 Å². The lowest BCUT2D eigenvalue weighted by Crippen LogP contribution is -2.48. The van der Waals surface area contributed by atoms with Crippen molar-refractivity contribution >= 4 is 5.91 Å². The predicted octanol–water partition coefficient (Wildman–Crippen LogP) is 1.87. The summed E-state index contributed by atoms with van der Waals surface area (Å²) < 4.78 is 12.7. The third kappa shape index (κ3) is 4.31. The topological polar surface area (TPSA) is 41.1 Å². The van der Waals surface area contributed by atoms with Gasteiger partial charge >= 0.3 is 0 Å². The van der Waals surface area contributed by atoms with Crippen LogP contribution >= 0.6 is 0 Å². The van der Waals surface area contributed by atoms with E-state index in [2.05, 4.69) is 17.6 Å². The van der Waals surface area contributed by atoms with E-state index in [0.29, 0.717) is 24.9 Å². The third-order valence-corrected chi connectivity index (χ3v) is 3.73. The van der Waals surface area contributed by atoms with Crippen molar-refractivity contribution in [1.29, 1.82) is 0 Å². The van der Waals surface area contributed by atoms with Crippen LogP contribution in [-0.2, 0) is 11.2 Å². The summed E-state index contributed by atoms with van der Waals surface area (Å²) >= 11 is 0. The summed E-state index contributed by atoms with van der Waals surface area (Å²) in [6.07, 6.45) is 2.73. The van der Waals surface area contributed by atoms with Gasteiger partial charge in [-0.1, -0.05) is 19.1 Å². The van der Waals surface area contributed by atoms with Gasteiger partial charge in [-0.25, -0.2) is 4.39 Å². The van der Waals surface area contributed by atoms with Crippen molar-refractivity contribution in [3.8, 4) is 0 Å². The molecule has 3 nitrogen and oxygen atoms in total. The molecule has 0 spiro atoms. The van der Waals surface area contributed by atoms with Crippen molar-refractivity contribution in [2.75, 3.05) is 13.1 Å². The minimum atomic E-state index is -0.274. The fourth-order valence-electron chi connectivity index (χ4n) is 2.46. The quantitative estimate of drug-likeness (QED) is 0.871. The molecular formula is C15H21FN2O. The van der Waals surface area contributed by atoms with Crippen LogP contribution in [0.4, 0.5) is 4.39 Å². The van der Waals surface area contributed by atoms with Crippen molar-refractivity contribution in [2.24, 2.45) is 5.92 Å². The van der Waals surface area contributed by atoms with Gasteiger partial charge in [0.15, 0.2) is 0 Å². The molecule has 1 fully saturated rings. The first-order chi connectivity index (χ1) is 9.15. The number of amides is 1. The van der Waals surface area contributed by atoms with E-state index in [1.54, 1.807) is 12.1 Å². The highest BCUT2D eigenvalue weighted by Gasteiger charge is 2.20. The zero-order valence-electron chi connectivity index (χ0n) is 11.3. The highest BCUT2D eigenvalue weighted by atomic mass is 19.1. The Bertz CT molecular complexity index is 419. The first-order valence-electron chi connectivity index (χ1n) is 6.89. The average Bonchev–Trinajstić information content (AvgIpc) is 2.40. The maximum absolute atomic E-state index is 12.7. The molecule has 2 unspecified atom stereocenters. The van der Waals surface area contributed by atoms with Gasteiger partial charge in [0.25, 0.3) is 0 Å². The van der Waals surface area contributed by atoms with Gasteiger partial charge in [0.05, 0.1) is 6.42 Å². The third-order valence-electron chi connectivity index (χ3n) is 3.73. The Morgan fingerprint density at radius 2 is 2.16 bits per heavy atom. The molecule has 2 rings (SSSR count). The van der Waals surface area contributed by atoms with Crippen LogP contribution in [-0.4, -0.2) is 25.0 Å². The van der Waals surface area contributed by atoms with Crippen molar-refractivity contribution in [2.45, 2.75) is 32.2 Å². The SMILES string of the molecule is CC1CCCNC1CNC(=O)Cc1ccc(F)cc1. The highest BCUT2D eigenvalue weighted by Crippen LogP contribution is 2.14. The maximum atomic E-state index is 12.7. The van der Waals surface area contributed by atoms with E-state index in [9.17, 15) is 9.18 Å². The summed E-state index contributed by atoms with van der Waals surface area (Å²) in [7, 11) is 0. The normalized spacial score (nSPS) is 23.1. The molecular weight excluding hydrogens is 243 g/mol. The van der Waals surface area contributed by atoms with Gasteiger partial charge in [0.2, 0.25) is 5.91 Å². The van der Waals surface area contributed by atoms with Crippen LogP contribution in [0.1, 0.15) is 25.3 Å². The monoisotopic (exact) mass is 264 g/mol. The second-order valence-electron chi connectivity index (χ2n) is 5.29. The second kappa shape index (κ2) is 6.66. The molecule has 1 amide bonds. The van der Waals surface area contributed by atoms with Crippen molar-refractivity contribution in [1.82, 2.24) is 10.6 Å². The van der Waals surface area contributed by atoms with Gasteiger partial charge < -0.3 is 10.6 Å². The van der Waals surface area contributed by atoms with Crippen molar-refractivity contribution in [3.63, 3.8) is 0 Å². The molecule has 1 aliphatic rings. The number of piperidine rings is 1. The maximum Gasteiger partial charge on any atom is 0.224 e. The van der Waals surface area contributed by atoms with E-state index in [-0.39, 0.29) is 11.7 Å². The lowest BCUT2D eigenvalue weighted by atomic mass is 9.93. The van der Waals surface area contributed by atoms with Crippen LogP contribution in [0, 0.1) is 11.7 Å². The summed E-state index contributed by atoms with van der Waals surface area (Å²) in [5.41, 5.74) is 0.837. The number of carbonyl (C=O) groups excluding carboxylic acids is 1. The van der Waals surface area contributed by atoms with Crippen LogP contribution in [0.2, 0.25) is 0 Å². The number of rotatable bonds is 4. The minimum Gasteiger partial charge on any atom is -0.354 e. The van der Waals surface area contributed by atoms with E-state index < -0.39 is 0 Å². The lowest BCUT2D eigenvalue weighted by molar-refractivity contribution is -0.120. The smallest absolute Gasteiger partial charge is 0.224 e. The Morgan fingerprint density at radius 3 is 2.84 bits per heavy atom. The Hall–Kier alpha value is -1.42. The zero-order valence-corrected chi connectivity index (χ0v) is 11.3. The minimum absolute atomic E-state index is 0.00817. The number of benzene rings is 1. The van der Waals surface area contributed by atoms with Gasteiger partial charge in [0, 0.05) is 12.6 Å². The molecule has 0 bridgehead atoms. The molecule has 0 aromatic heterocycles. The highest BCUT2D eigenvalue weighted by molar-refractivity contribution is 5.78. The number of hydrogen-bond acceptors (Lipinski definition) is 2. The Balaban J connectivity index is 1.76. The van der Waals surface area contributed by atoms with Gasteiger partial charge in [-0.15, -0.1) is 0 Å².